The van der Waals surface area contributed by atoms with Gasteiger partial charge < -0.3 is 11.5 Å². The number of rotatable bonds is 3. The molecule has 0 radical (unpaired) electrons. The van der Waals surface area contributed by atoms with E-state index in [0.717, 1.165) is 12.0 Å². The van der Waals surface area contributed by atoms with Crippen LogP contribution in [0.25, 0.3) is 0 Å². The average molecular weight is 258 g/mol. The molecule has 0 spiro atoms. The molecule has 0 aliphatic carbocycles. The molecule has 0 aliphatic heterocycles. The lowest BCUT2D eigenvalue weighted by Gasteiger charge is -2.01. The lowest BCUT2D eigenvalue weighted by atomic mass is 10.1. The van der Waals surface area contributed by atoms with Crippen molar-refractivity contribution in [3.05, 3.63) is 40.2 Å². The molecule has 7 nitrogen and oxygen atoms in total. The van der Waals surface area contributed by atoms with Gasteiger partial charge in [-0.3, -0.25) is 9.78 Å². The summed E-state index contributed by atoms with van der Waals surface area (Å²) >= 11 is 0. The SMILES string of the molecule is CCc1ccccc1N=Nc1c(N)nc(N)[nH]c1=O. The minimum Gasteiger partial charge on any atom is -0.382 e. The highest BCUT2D eigenvalue weighted by atomic mass is 16.1. The minimum absolute atomic E-state index is 0.0416. The molecule has 19 heavy (non-hydrogen) atoms. The Labute approximate surface area is 109 Å². The van der Waals surface area contributed by atoms with E-state index >= 15 is 0 Å². The summed E-state index contributed by atoms with van der Waals surface area (Å²) in [4.78, 5) is 17.7. The molecule has 0 saturated carbocycles. The molecule has 0 amide bonds. The number of hydrogen-bond acceptors (Lipinski definition) is 6. The van der Waals surface area contributed by atoms with Gasteiger partial charge in [0.25, 0.3) is 5.56 Å². The van der Waals surface area contributed by atoms with Gasteiger partial charge in [0.2, 0.25) is 5.95 Å². The summed E-state index contributed by atoms with van der Waals surface area (Å²) in [5.74, 6) is -0.0885. The van der Waals surface area contributed by atoms with Gasteiger partial charge in [-0.15, -0.1) is 10.2 Å². The van der Waals surface area contributed by atoms with Gasteiger partial charge in [0, 0.05) is 0 Å². The van der Waals surface area contributed by atoms with Crippen LogP contribution in [-0.2, 0) is 6.42 Å². The Kier molecular flexibility index (Phi) is 3.56. The van der Waals surface area contributed by atoms with Crippen molar-refractivity contribution in [3.8, 4) is 0 Å². The van der Waals surface area contributed by atoms with Crippen LogP contribution in [0, 0.1) is 0 Å². The molecule has 5 N–H and O–H groups in total. The molecule has 0 unspecified atom stereocenters. The number of benzene rings is 1. The molecule has 7 heteroatoms. The van der Waals surface area contributed by atoms with Crippen LogP contribution in [0.1, 0.15) is 12.5 Å². The van der Waals surface area contributed by atoms with Crippen LogP contribution < -0.4 is 17.0 Å². The fourth-order valence-corrected chi connectivity index (χ4v) is 1.61. The number of hydrogen-bond donors (Lipinski definition) is 3. The summed E-state index contributed by atoms with van der Waals surface area (Å²) in [5.41, 5.74) is 12.1. The summed E-state index contributed by atoms with van der Waals surface area (Å²) in [6.07, 6.45) is 0.820. The molecule has 0 atom stereocenters. The summed E-state index contributed by atoms with van der Waals surface area (Å²) < 4.78 is 0. The number of aromatic nitrogens is 2. The highest BCUT2D eigenvalue weighted by Crippen LogP contribution is 2.22. The third kappa shape index (κ3) is 2.76. The van der Waals surface area contributed by atoms with Gasteiger partial charge in [-0.1, -0.05) is 25.1 Å². The quantitative estimate of drug-likeness (QED) is 0.727. The van der Waals surface area contributed by atoms with Crippen molar-refractivity contribution in [3.63, 3.8) is 0 Å². The molecule has 98 valence electrons. The maximum atomic E-state index is 11.6. The molecule has 2 aromatic rings. The Bertz CT molecular complexity index is 676. The molecular weight excluding hydrogens is 244 g/mol. The van der Waals surface area contributed by atoms with Crippen molar-refractivity contribution in [1.82, 2.24) is 9.97 Å². The Balaban J connectivity index is 2.41. The van der Waals surface area contributed by atoms with Gasteiger partial charge in [-0.2, -0.15) is 4.98 Å². The molecule has 1 aromatic heterocycles. The Morgan fingerprint density at radius 1 is 1.26 bits per heavy atom. The minimum atomic E-state index is -0.511. The van der Waals surface area contributed by atoms with Crippen LogP contribution in [-0.4, -0.2) is 9.97 Å². The topological polar surface area (TPSA) is 123 Å². The lowest BCUT2D eigenvalue weighted by Crippen LogP contribution is -2.12. The lowest BCUT2D eigenvalue weighted by molar-refractivity contribution is 1.08. The van der Waals surface area contributed by atoms with E-state index < -0.39 is 5.56 Å². The summed E-state index contributed by atoms with van der Waals surface area (Å²) in [5, 5.41) is 7.91. The summed E-state index contributed by atoms with van der Waals surface area (Å²) in [6.45, 7) is 2.01. The number of nitrogen functional groups attached to an aromatic ring is 2. The third-order valence-electron chi connectivity index (χ3n) is 2.57. The van der Waals surface area contributed by atoms with E-state index in [9.17, 15) is 4.79 Å². The van der Waals surface area contributed by atoms with Gasteiger partial charge in [-0.25, -0.2) is 0 Å². The zero-order valence-corrected chi connectivity index (χ0v) is 10.4. The second-order valence-corrected chi connectivity index (χ2v) is 3.87. The smallest absolute Gasteiger partial charge is 0.282 e. The number of azo groups is 1. The van der Waals surface area contributed by atoms with Gasteiger partial charge in [0.05, 0.1) is 5.69 Å². The molecule has 0 bridgehead atoms. The van der Waals surface area contributed by atoms with E-state index in [2.05, 4.69) is 20.2 Å². The number of anilines is 2. The highest BCUT2D eigenvalue weighted by Gasteiger charge is 2.07. The van der Waals surface area contributed by atoms with Crippen LogP contribution in [0.5, 0.6) is 0 Å². The maximum absolute atomic E-state index is 11.6. The normalized spacial score (nSPS) is 11.0. The first-order valence-electron chi connectivity index (χ1n) is 5.76. The standard InChI is InChI=1S/C12H14N6O/c1-2-7-5-3-4-6-8(7)17-18-9-10(13)15-12(14)16-11(9)19/h3-6H,2H2,1H3,(H5,13,14,15,16,19). The van der Waals surface area contributed by atoms with Crippen molar-refractivity contribution in [2.24, 2.45) is 10.2 Å². The molecule has 0 saturated heterocycles. The molecule has 1 heterocycles. The zero-order chi connectivity index (χ0) is 13.8. The first kappa shape index (κ1) is 12.7. The van der Waals surface area contributed by atoms with Gasteiger partial charge in [0.1, 0.15) is 0 Å². The summed E-state index contributed by atoms with van der Waals surface area (Å²) in [7, 11) is 0. The molecule has 0 fully saturated rings. The van der Waals surface area contributed by atoms with Crippen molar-refractivity contribution >= 4 is 23.1 Å². The second-order valence-electron chi connectivity index (χ2n) is 3.87. The average Bonchev–Trinajstić information content (AvgIpc) is 2.38. The molecule has 0 aliphatic rings. The van der Waals surface area contributed by atoms with Crippen LogP contribution in [0.3, 0.4) is 0 Å². The van der Waals surface area contributed by atoms with Crippen LogP contribution in [0.4, 0.5) is 23.1 Å². The first-order chi connectivity index (χ1) is 9.11. The number of H-pyrrole nitrogens is 1. The van der Waals surface area contributed by atoms with Crippen LogP contribution in [0.15, 0.2) is 39.3 Å². The van der Waals surface area contributed by atoms with E-state index in [-0.39, 0.29) is 17.5 Å². The fourth-order valence-electron chi connectivity index (χ4n) is 1.61. The fraction of sp³-hybridized carbons (Fsp3) is 0.167. The van der Waals surface area contributed by atoms with E-state index in [4.69, 9.17) is 11.5 Å². The zero-order valence-electron chi connectivity index (χ0n) is 10.4. The monoisotopic (exact) mass is 258 g/mol. The molecular formula is C12H14N6O. The maximum Gasteiger partial charge on any atom is 0.282 e. The van der Waals surface area contributed by atoms with Crippen molar-refractivity contribution in [2.75, 3.05) is 11.5 Å². The number of nitrogens with two attached hydrogens (primary N) is 2. The van der Waals surface area contributed by atoms with E-state index in [1.54, 1.807) is 0 Å². The van der Waals surface area contributed by atoms with Crippen LogP contribution >= 0.6 is 0 Å². The number of nitrogens with one attached hydrogen (secondary N) is 1. The Morgan fingerprint density at radius 3 is 2.68 bits per heavy atom. The van der Waals surface area contributed by atoms with Crippen LogP contribution in [0.2, 0.25) is 0 Å². The predicted molar refractivity (Wildman–Crippen MR) is 73.7 cm³/mol. The van der Waals surface area contributed by atoms with Gasteiger partial charge >= 0.3 is 0 Å². The molecule has 1 aromatic carbocycles. The van der Waals surface area contributed by atoms with Crippen molar-refractivity contribution in [2.45, 2.75) is 13.3 Å². The number of aryl methyl sites for hydroxylation is 1. The molecule has 2 rings (SSSR count). The van der Waals surface area contributed by atoms with Gasteiger partial charge in [0.15, 0.2) is 11.5 Å². The van der Waals surface area contributed by atoms with Crippen molar-refractivity contribution < 1.29 is 0 Å². The third-order valence-corrected chi connectivity index (χ3v) is 2.57. The van der Waals surface area contributed by atoms with E-state index in [1.807, 2.05) is 31.2 Å². The number of aromatic amines is 1. The highest BCUT2D eigenvalue weighted by molar-refractivity contribution is 5.57. The predicted octanol–water partition coefficient (Wildman–Crippen LogP) is 1.91. The van der Waals surface area contributed by atoms with E-state index in [1.165, 1.54) is 0 Å². The largest absolute Gasteiger partial charge is 0.382 e. The van der Waals surface area contributed by atoms with Crippen molar-refractivity contribution in [1.29, 1.82) is 0 Å². The Hall–Kier alpha value is -2.70. The Morgan fingerprint density at radius 2 is 2.00 bits per heavy atom. The van der Waals surface area contributed by atoms with E-state index in [0.29, 0.717) is 5.69 Å². The second kappa shape index (κ2) is 5.30. The number of nitrogens with zero attached hydrogens (tertiary/aromatic N) is 3. The first-order valence-corrected chi connectivity index (χ1v) is 5.76. The van der Waals surface area contributed by atoms with Gasteiger partial charge in [-0.05, 0) is 18.1 Å². The summed E-state index contributed by atoms with van der Waals surface area (Å²) in [6, 6.07) is 7.53.